The molecule has 0 radical (unpaired) electrons. The molecule has 3 rings (SSSR count). The summed E-state index contributed by atoms with van der Waals surface area (Å²) in [5, 5.41) is 13.5. The predicted molar refractivity (Wildman–Crippen MR) is 89.5 cm³/mol. The van der Waals surface area contributed by atoms with E-state index in [9.17, 15) is 9.59 Å². The van der Waals surface area contributed by atoms with E-state index < -0.39 is 5.97 Å². The minimum absolute atomic E-state index is 0.160. The molecule has 0 unspecified atom stereocenters. The van der Waals surface area contributed by atoms with Crippen LogP contribution in [-0.2, 0) is 7.05 Å². The van der Waals surface area contributed by atoms with Gasteiger partial charge < -0.3 is 10.0 Å². The first-order chi connectivity index (χ1) is 11.5. The zero-order valence-electron chi connectivity index (χ0n) is 13.3. The number of carbonyl (C=O) groups excluding carboxylic acids is 1. The van der Waals surface area contributed by atoms with E-state index in [1.54, 1.807) is 30.3 Å². The highest BCUT2D eigenvalue weighted by molar-refractivity contribution is 6.33. The summed E-state index contributed by atoms with van der Waals surface area (Å²) in [6.07, 6.45) is 3.47. The number of piperidine rings is 1. The number of likely N-dealkylation sites (tertiary alicyclic amines) is 1. The molecule has 1 N–H and O–H groups in total. The Hall–Kier alpha value is -2.34. The maximum Gasteiger partial charge on any atom is 0.335 e. The summed E-state index contributed by atoms with van der Waals surface area (Å²) in [4.78, 5) is 25.4. The number of carboxylic acids is 1. The van der Waals surface area contributed by atoms with Gasteiger partial charge in [0.1, 0.15) is 0 Å². The molecule has 1 amide bonds. The fourth-order valence-electron chi connectivity index (χ4n) is 3.09. The van der Waals surface area contributed by atoms with Crippen molar-refractivity contribution in [3.8, 4) is 0 Å². The molecule has 1 saturated heterocycles. The molecular formula is C17H18ClN3O3. The van der Waals surface area contributed by atoms with Crippen molar-refractivity contribution >= 4 is 23.5 Å². The highest BCUT2D eigenvalue weighted by Gasteiger charge is 2.28. The number of nitrogens with zero attached hydrogens (tertiary/aromatic N) is 3. The van der Waals surface area contributed by atoms with Crippen LogP contribution in [0.3, 0.4) is 0 Å². The summed E-state index contributed by atoms with van der Waals surface area (Å²) in [5.74, 6) is -0.910. The lowest BCUT2D eigenvalue weighted by molar-refractivity contribution is 0.0692. The molecule has 0 saturated carbocycles. The molecule has 1 fully saturated rings. The van der Waals surface area contributed by atoms with Crippen LogP contribution in [0.1, 0.15) is 45.2 Å². The van der Waals surface area contributed by atoms with E-state index in [2.05, 4.69) is 5.10 Å². The number of hydrogen-bond acceptors (Lipinski definition) is 3. The molecule has 2 heterocycles. The first-order valence-corrected chi connectivity index (χ1v) is 8.15. The van der Waals surface area contributed by atoms with Gasteiger partial charge in [-0.2, -0.15) is 5.10 Å². The molecule has 24 heavy (non-hydrogen) atoms. The Kier molecular flexibility index (Phi) is 4.57. The van der Waals surface area contributed by atoms with Gasteiger partial charge in [0.15, 0.2) is 5.69 Å². The van der Waals surface area contributed by atoms with Gasteiger partial charge in [-0.05, 0) is 30.5 Å². The van der Waals surface area contributed by atoms with E-state index in [0.29, 0.717) is 18.1 Å². The van der Waals surface area contributed by atoms with Gasteiger partial charge in [0.25, 0.3) is 5.91 Å². The summed E-state index contributed by atoms with van der Waals surface area (Å²) in [7, 11) is 1.73. The van der Waals surface area contributed by atoms with Gasteiger partial charge in [0.05, 0.1) is 10.6 Å². The van der Waals surface area contributed by atoms with Crippen molar-refractivity contribution in [2.24, 2.45) is 7.05 Å². The molecule has 1 aliphatic heterocycles. The van der Waals surface area contributed by atoms with E-state index in [1.807, 2.05) is 12.1 Å². The Morgan fingerprint density at radius 1 is 1.29 bits per heavy atom. The summed E-state index contributed by atoms with van der Waals surface area (Å²) in [6, 6.07) is 6.87. The normalized spacial score (nSPS) is 17.8. The van der Waals surface area contributed by atoms with Crippen LogP contribution in [0.25, 0.3) is 0 Å². The van der Waals surface area contributed by atoms with Crippen LogP contribution in [0.15, 0.2) is 30.5 Å². The second-order valence-corrected chi connectivity index (χ2v) is 6.42. The molecular weight excluding hydrogens is 330 g/mol. The number of aromatic nitrogens is 2. The maximum atomic E-state index is 12.6. The van der Waals surface area contributed by atoms with Crippen molar-refractivity contribution in [1.29, 1.82) is 0 Å². The third-order valence-electron chi connectivity index (χ3n) is 4.32. The number of carboxylic acid groups (broad SMARTS) is 1. The van der Waals surface area contributed by atoms with E-state index >= 15 is 0 Å². The van der Waals surface area contributed by atoms with Gasteiger partial charge in [-0.25, -0.2) is 4.79 Å². The maximum absolute atomic E-state index is 12.6. The molecule has 6 nitrogen and oxygen atoms in total. The molecule has 1 atom stereocenters. The third kappa shape index (κ3) is 3.28. The molecule has 0 aliphatic carbocycles. The van der Waals surface area contributed by atoms with Crippen molar-refractivity contribution in [3.05, 3.63) is 52.3 Å². The Labute approximate surface area is 144 Å². The van der Waals surface area contributed by atoms with E-state index in [-0.39, 0.29) is 23.1 Å². The molecule has 0 bridgehead atoms. The number of benzene rings is 1. The zero-order valence-corrected chi connectivity index (χ0v) is 14.0. The Bertz CT molecular complexity index is 770. The topological polar surface area (TPSA) is 75.4 Å². The summed E-state index contributed by atoms with van der Waals surface area (Å²) >= 11 is 6.07. The van der Waals surface area contributed by atoms with Crippen LogP contribution in [-0.4, -0.2) is 44.8 Å². The van der Waals surface area contributed by atoms with Crippen molar-refractivity contribution < 1.29 is 14.7 Å². The van der Waals surface area contributed by atoms with Crippen LogP contribution in [0.2, 0.25) is 5.02 Å². The smallest absolute Gasteiger partial charge is 0.335 e. The lowest BCUT2D eigenvalue weighted by Gasteiger charge is -2.32. The van der Waals surface area contributed by atoms with Gasteiger partial charge in [-0.15, -0.1) is 0 Å². The van der Waals surface area contributed by atoms with Crippen molar-refractivity contribution in [1.82, 2.24) is 14.7 Å². The Morgan fingerprint density at radius 3 is 2.58 bits per heavy atom. The van der Waals surface area contributed by atoms with Crippen molar-refractivity contribution in [2.45, 2.75) is 18.8 Å². The molecule has 126 valence electrons. The lowest BCUT2D eigenvalue weighted by atomic mass is 9.90. The average molecular weight is 348 g/mol. The number of amides is 1. The van der Waals surface area contributed by atoms with Crippen LogP contribution in [0.4, 0.5) is 0 Å². The van der Waals surface area contributed by atoms with Gasteiger partial charge >= 0.3 is 5.97 Å². The van der Waals surface area contributed by atoms with Gasteiger partial charge in [-0.3, -0.25) is 9.48 Å². The first kappa shape index (κ1) is 16.5. The summed E-state index contributed by atoms with van der Waals surface area (Å²) < 4.78 is 1.53. The summed E-state index contributed by atoms with van der Waals surface area (Å²) in [5.41, 5.74) is 1.59. The lowest BCUT2D eigenvalue weighted by Crippen LogP contribution is -2.39. The first-order valence-electron chi connectivity index (χ1n) is 7.77. The number of carbonyl (C=O) groups is 2. The molecule has 1 aromatic carbocycles. The Morgan fingerprint density at radius 2 is 2.00 bits per heavy atom. The molecule has 7 heteroatoms. The highest BCUT2D eigenvalue weighted by Crippen LogP contribution is 2.28. The number of rotatable bonds is 3. The van der Waals surface area contributed by atoms with Crippen LogP contribution in [0.5, 0.6) is 0 Å². The van der Waals surface area contributed by atoms with Crippen LogP contribution < -0.4 is 0 Å². The zero-order chi connectivity index (χ0) is 17.3. The van der Waals surface area contributed by atoms with E-state index in [1.165, 1.54) is 4.68 Å². The highest BCUT2D eigenvalue weighted by atomic mass is 35.5. The monoisotopic (exact) mass is 347 g/mol. The van der Waals surface area contributed by atoms with Crippen LogP contribution >= 0.6 is 11.6 Å². The number of halogens is 1. The summed E-state index contributed by atoms with van der Waals surface area (Å²) in [6.45, 7) is 1.26. The van der Waals surface area contributed by atoms with E-state index in [0.717, 1.165) is 18.4 Å². The molecule has 1 aromatic heterocycles. The van der Waals surface area contributed by atoms with Crippen molar-refractivity contribution in [2.75, 3.05) is 13.1 Å². The molecule has 2 aromatic rings. The average Bonchev–Trinajstić information content (AvgIpc) is 2.92. The SMILES string of the molecule is Cn1cc(Cl)c(C(=O)N2CCC[C@@H](c3ccc(C(=O)O)cc3)C2)n1. The predicted octanol–water partition coefficient (Wildman–Crippen LogP) is 2.79. The minimum Gasteiger partial charge on any atom is -0.478 e. The minimum atomic E-state index is -0.938. The second kappa shape index (κ2) is 6.65. The van der Waals surface area contributed by atoms with E-state index in [4.69, 9.17) is 16.7 Å². The van der Waals surface area contributed by atoms with Gasteiger partial charge in [0.2, 0.25) is 0 Å². The number of hydrogen-bond donors (Lipinski definition) is 1. The fourth-order valence-corrected chi connectivity index (χ4v) is 3.35. The number of aryl methyl sites for hydroxylation is 1. The largest absolute Gasteiger partial charge is 0.478 e. The second-order valence-electron chi connectivity index (χ2n) is 6.02. The Balaban J connectivity index is 1.75. The fraction of sp³-hybridized carbons (Fsp3) is 0.353. The third-order valence-corrected chi connectivity index (χ3v) is 4.60. The number of aromatic carboxylic acids is 1. The van der Waals surface area contributed by atoms with Gasteiger partial charge in [0, 0.05) is 32.3 Å². The quantitative estimate of drug-likeness (QED) is 0.926. The van der Waals surface area contributed by atoms with Gasteiger partial charge in [-0.1, -0.05) is 23.7 Å². The van der Waals surface area contributed by atoms with Crippen LogP contribution in [0, 0.1) is 0 Å². The molecule has 0 spiro atoms. The molecule has 1 aliphatic rings. The standard InChI is InChI=1S/C17H18ClN3O3/c1-20-10-14(18)15(19-20)16(22)21-8-2-3-13(9-21)11-4-6-12(7-5-11)17(23)24/h4-7,10,13H,2-3,8-9H2,1H3,(H,23,24)/t13-/m1/s1. The van der Waals surface area contributed by atoms with Crippen molar-refractivity contribution in [3.63, 3.8) is 0 Å².